The minimum absolute atomic E-state index is 0.0357. The van der Waals surface area contributed by atoms with Gasteiger partial charge in [-0.3, -0.25) is 4.79 Å². The van der Waals surface area contributed by atoms with Crippen LogP contribution in [-0.2, 0) is 0 Å². The molecule has 0 atom stereocenters. The first-order chi connectivity index (χ1) is 12.0. The van der Waals surface area contributed by atoms with Crippen LogP contribution in [0.4, 0.5) is 8.78 Å². The summed E-state index contributed by atoms with van der Waals surface area (Å²) in [6, 6.07) is 7.07. The highest BCUT2D eigenvalue weighted by Gasteiger charge is 2.26. The maximum atomic E-state index is 13.7. The van der Waals surface area contributed by atoms with E-state index in [0.29, 0.717) is 18.7 Å². The number of hydrogen-bond donors (Lipinski definition) is 1. The number of hydrogen-bond acceptors (Lipinski definition) is 3. The Morgan fingerprint density at radius 1 is 1.12 bits per heavy atom. The summed E-state index contributed by atoms with van der Waals surface area (Å²) in [5.41, 5.74) is 0.545. The highest BCUT2D eigenvalue weighted by molar-refractivity contribution is 5.94. The van der Waals surface area contributed by atoms with E-state index in [0.717, 1.165) is 30.5 Å². The highest BCUT2D eigenvalue weighted by Crippen LogP contribution is 2.23. The molecule has 2 aromatic rings. The van der Waals surface area contributed by atoms with E-state index in [2.05, 4.69) is 10.3 Å². The van der Waals surface area contributed by atoms with Crippen LogP contribution < -0.4 is 10.1 Å². The van der Waals surface area contributed by atoms with Gasteiger partial charge in [0.05, 0.1) is 0 Å². The first kappa shape index (κ1) is 17.3. The number of amides is 1. The van der Waals surface area contributed by atoms with E-state index in [1.54, 1.807) is 6.20 Å². The molecule has 1 N–H and O–H groups in total. The monoisotopic (exact) mass is 346 g/mol. The van der Waals surface area contributed by atoms with Crippen molar-refractivity contribution in [1.29, 1.82) is 0 Å². The number of aromatic nitrogens is 1. The molecule has 1 aromatic carbocycles. The van der Waals surface area contributed by atoms with Gasteiger partial charge in [0.2, 0.25) is 5.88 Å². The van der Waals surface area contributed by atoms with E-state index < -0.39 is 23.1 Å². The molecule has 0 bridgehead atoms. The molecule has 0 radical (unpaired) electrons. The van der Waals surface area contributed by atoms with Gasteiger partial charge >= 0.3 is 0 Å². The summed E-state index contributed by atoms with van der Waals surface area (Å²) < 4.78 is 33.2. The third-order valence-electron chi connectivity index (χ3n) is 4.37. The Labute approximate surface area is 145 Å². The third-order valence-corrected chi connectivity index (χ3v) is 4.37. The Morgan fingerprint density at radius 2 is 1.80 bits per heavy atom. The predicted molar refractivity (Wildman–Crippen MR) is 89.5 cm³/mol. The van der Waals surface area contributed by atoms with Gasteiger partial charge in [-0.2, -0.15) is 0 Å². The Hall–Kier alpha value is -2.50. The van der Waals surface area contributed by atoms with Gasteiger partial charge in [0, 0.05) is 18.3 Å². The maximum Gasteiger partial charge on any atom is 0.257 e. The largest absolute Gasteiger partial charge is 0.474 e. The SMILES string of the molecule is Cc1ccc(OC2CCC(NC(=O)c3c(F)cccc3F)CC2)nc1. The van der Waals surface area contributed by atoms with Crippen LogP contribution in [0.3, 0.4) is 0 Å². The molecule has 0 saturated heterocycles. The first-order valence-corrected chi connectivity index (χ1v) is 8.37. The number of aryl methyl sites for hydroxylation is 1. The van der Waals surface area contributed by atoms with E-state index in [9.17, 15) is 13.6 Å². The molecule has 6 heteroatoms. The molecule has 0 aliphatic heterocycles. The van der Waals surface area contributed by atoms with Crippen LogP contribution in [0.5, 0.6) is 5.88 Å². The zero-order valence-electron chi connectivity index (χ0n) is 14.0. The van der Waals surface area contributed by atoms with Crippen LogP contribution in [0, 0.1) is 18.6 Å². The van der Waals surface area contributed by atoms with Gasteiger partial charge < -0.3 is 10.1 Å². The van der Waals surface area contributed by atoms with Crippen LogP contribution in [0.15, 0.2) is 36.5 Å². The Bertz CT molecular complexity index is 721. The molecule has 1 heterocycles. The second kappa shape index (κ2) is 7.59. The fourth-order valence-electron chi connectivity index (χ4n) is 2.99. The summed E-state index contributed by atoms with van der Waals surface area (Å²) in [6.07, 6.45) is 4.68. The Kier molecular flexibility index (Phi) is 5.26. The molecule has 1 saturated carbocycles. The lowest BCUT2D eigenvalue weighted by atomic mass is 9.92. The predicted octanol–water partition coefficient (Wildman–Crippen LogP) is 3.79. The summed E-state index contributed by atoms with van der Waals surface area (Å²) >= 11 is 0. The number of pyridine rings is 1. The summed E-state index contributed by atoms with van der Waals surface area (Å²) in [5.74, 6) is -1.81. The minimum atomic E-state index is -0.847. The van der Waals surface area contributed by atoms with E-state index >= 15 is 0 Å². The molecule has 1 amide bonds. The molecule has 4 nitrogen and oxygen atoms in total. The van der Waals surface area contributed by atoms with Gasteiger partial charge in [0.15, 0.2) is 0 Å². The van der Waals surface area contributed by atoms with Crippen molar-refractivity contribution in [2.24, 2.45) is 0 Å². The van der Waals surface area contributed by atoms with Crippen molar-refractivity contribution in [2.75, 3.05) is 0 Å². The number of rotatable bonds is 4. The van der Waals surface area contributed by atoms with E-state index in [1.165, 1.54) is 6.07 Å². The van der Waals surface area contributed by atoms with E-state index in [-0.39, 0.29) is 12.1 Å². The Balaban J connectivity index is 1.52. The molecule has 1 aliphatic rings. The van der Waals surface area contributed by atoms with Crippen molar-refractivity contribution < 1.29 is 18.3 Å². The lowest BCUT2D eigenvalue weighted by Crippen LogP contribution is -2.40. The van der Waals surface area contributed by atoms with Crippen molar-refractivity contribution in [3.8, 4) is 5.88 Å². The Morgan fingerprint density at radius 3 is 2.40 bits per heavy atom. The zero-order valence-corrected chi connectivity index (χ0v) is 14.0. The molecule has 0 unspecified atom stereocenters. The topological polar surface area (TPSA) is 51.2 Å². The zero-order chi connectivity index (χ0) is 17.8. The number of carbonyl (C=O) groups excluding carboxylic acids is 1. The molecule has 1 aromatic heterocycles. The third kappa shape index (κ3) is 4.32. The number of nitrogens with one attached hydrogen (secondary N) is 1. The van der Waals surface area contributed by atoms with Gasteiger partial charge in [0.1, 0.15) is 23.3 Å². The van der Waals surface area contributed by atoms with Gasteiger partial charge in [-0.05, 0) is 50.3 Å². The number of nitrogens with zero attached hydrogens (tertiary/aromatic N) is 1. The van der Waals surface area contributed by atoms with Crippen LogP contribution in [0.25, 0.3) is 0 Å². The molecule has 1 aliphatic carbocycles. The average molecular weight is 346 g/mol. The molecule has 1 fully saturated rings. The molecule has 25 heavy (non-hydrogen) atoms. The average Bonchev–Trinajstić information content (AvgIpc) is 2.58. The van der Waals surface area contributed by atoms with E-state index in [1.807, 2.05) is 19.1 Å². The maximum absolute atomic E-state index is 13.7. The van der Waals surface area contributed by atoms with Gasteiger partial charge in [0.25, 0.3) is 5.91 Å². The van der Waals surface area contributed by atoms with Crippen LogP contribution >= 0.6 is 0 Å². The second-order valence-corrected chi connectivity index (χ2v) is 6.34. The lowest BCUT2D eigenvalue weighted by molar-refractivity contribution is 0.0882. The minimum Gasteiger partial charge on any atom is -0.474 e. The smallest absolute Gasteiger partial charge is 0.257 e. The molecular formula is C19H20F2N2O2. The van der Waals surface area contributed by atoms with Crippen molar-refractivity contribution in [2.45, 2.75) is 44.8 Å². The standard InChI is InChI=1S/C19H20F2N2O2/c1-12-5-10-17(22-11-12)25-14-8-6-13(7-9-14)23-19(24)18-15(20)3-2-4-16(18)21/h2-5,10-11,13-14H,6-9H2,1H3,(H,23,24). The summed E-state index contributed by atoms with van der Waals surface area (Å²) in [7, 11) is 0. The fraction of sp³-hybridized carbons (Fsp3) is 0.368. The number of ether oxygens (including phenoxy) is 1. The van der Waals surface area contributed by atoms with Crippen molar-refractivity contribution in [3.63, 3.8) is 0 Å². The van der Waals surface area contributed by atoms with Crippen LogP contribution in [0.2, 0.25) is 0 Å². The lowest BCUT2D eigenvalue weighted by Gasteiger charge is -2.29. The number of halogens is 2. The van der Waals surface area contributed by atoms with Gasteiger partial charge in [-0.25, -0.2) is 13.8 Å². The quantitative estimate of drug-likeness (QED) is 0.916. The van der Waals surface area contributed by atoms with Crippen LogP contribution in [-0.4, -0.2) is 23.0 Å². The fourth-order valence-corrected chi connectivity index (χ4v) is 2.99. The highest BCUT2D eigenvalue weighted by atomic mass is 19.1. The molecule has 0 spiro atoms. The van der Waals surface area contributed by atoms with Crippen molar-refractivity contribution in [3.05, 3.63) is 59.3 Å². The van der Waals surface area contributed by atoms with Crippen molar-refractivity contribution >= 4 is 5.91 Å². The molecule has 3 rings (SSSR count). The summed E-state index contributed by atoms with van der Waals surface area (Å²) in [4.78, 5) is 16.4. The summed E-state index contributed by atoms with van der Waals surface area (Å²) in [5, 5.41) is 2.72. The van der Waals surface area contributed by atoms with Gasteiger partial charge in [-0.15, -0.1) is 0 Å². The molecular weight excluding hydrogens is 326 g/mol. The normalized spacial score (nSPS) is 20.1. The number of carbonyl (C=O) groups is 1. The first-order valence-electron chi connectivity index (χ1n) is 8.37. The van der Waals surface area contributed by atoms with Gasteiger partial charge in [-0.1, -0.05) is 12.1 Å². The van der Waals surface area contributed by atoms with E-state index in [4.69, 9.17) is 4.74 Å². The summed E-state index contributed by atoms with van der Waals surface area (Å²) in [6.45, 7) is 1.96. The second-order valence-electron chi connectivity index (χ2n) is 6.34. The van der Waals surface area contributed by atoms with Crippen molar-refractivity contribution in [1.82, 2.24) is 10.3 Å². The van der Waals surface area contributed by atoms with Crippen LogP contribution in [0.1, 0.15) is 41.6 Å². The molecule has 132 valence electrons. The number of benzene rings is 1.